The van der Waals surface area contributed by atoms with Gasteiger partial charge in [0.1, 0.15) is 5.82 Å². The number of alkyl halides is 3. The molecule has 1 saturated carbocycles. The number of hydrogen-bond acceptors (Lipinski definition) is 2. The van der Waals surface area contributed by atoms with Gasteiger partial charge < -0.3 is 10.2 Å². The molecule has 7 heteroatoms. The second-order valence-electron chi connectivity index (χ2n) is 7.09. The van der Waals surface area contributed by atoms with Crippen LogP contribution in [0.15, 0.2) is 42.5 Å². The van der Waals surface area contributed by atoms with Crippen LogP contribution in [0.5, 0.6) is 0 Å². The van der Waals surface area contributed by atoms with Gasteiger partial charge in [-0.05, 0) is 55.3 Å². The monoisotopic (exact) mass is 394 g/mol. The highest BCUT2D eigenvalue weighted by Crippen LogP contribution is 2.37. The lowest BCUT2D eigenvalue weighted by Crippen LogP contribution is -2.34. The first kappa shape index (κ1) is 20.2. The molecule has 0 spiro atoms. The lowest BCUT2D eigenvalue weighted by molar-refractivity contribution is -0.137. The predicted octanol–water partition coefficient (Wildman–Crippen LogP) is 5.87. The highest BCUT2D eigenvalue weighted by atomic mass is 19.4. The maximum atomic E-state index is 13.2. The molecule has 2 aromatic rings. The first-order valence-electron chi connectivity index (χ1n) is 9.26. The molecule has 28 heavy (non-hydrogen) atoms. The van der Waals surface area contributed by atoms with Crippen molar-refractivity contribution in [2.24, 2.45) is 0 Å². The van der Waals surface area contributed by atoms with Crippen molar-refractivity contribution in [3.05, 3.63) is 59.4 Å². The smallest absolute Gasteiger partial charge is 0.370 e. The summed E-state index contributed by atoms with van der Waals surface area (Å²) in [5.41, 5.74) is -0.0274. The van der Waals surface area contributed by atoms with Crippen molar-refractivity contribution >= 4 is 17.3 Å². The van der Waals surface area contributed by atoms with Crippen LogP contribution in [0.1, 0.15) is 48.0 Å². The van der Waals surface area contributed by atoms with E-state index >= 15 is 0 Å². The highest BCUT2D eigenvalue weighted by Gasteiger charge is 2.32. The summed E-state index contributed by atoms with van der Waals surface area (Å²) >= 11 is 0. The summed E-state index contributed by atoms with van der Waals surface area (Å²) in [6, 6.07) is 8.46. The highest BCUT2D eigenvalue weighted by molar-refractivity contribution is 6.06. The average molecular weight is 394 g/mol. The Labute approximate surface area is 161 Å². The fourth-order valence-corrected chi connectivity index (χ4v) is 3.58. The molecule has 1 amide bonds. The minimum Gasteiger partial charge on any atom is -0.370 e. The molecule has 0 aromatic heterocycles. The molecule has 150 valence electrons. The fraction of sp³-hybridized carbons (Fsp3) is 0.381. The van der Waals surface area contributed by atoms with Crippen LogP contribution < -0.4 is 10.2 Å². The standard InChI is InChI=1S/C21H22F4N2O/c1-27(17-5-3-2-4-6-17)19-12-9-15(21(23,24)25)13-18(19)26-20(28)14-7-10-16(22)11-8-14/h7-13,17H,2-6H2,1H3,(H,26,28). The van der Waals surface area contributed by atoms with E-state index in [-0.39, 0.29) is 17.3 Å². The number of carbonyl (C=O) groups is 1. The van der Waals surface area contributed by atoms with E-state index in [1.54, 1.807) is 0 Å². The van der Waals surface area contributed by atoms with E-state index in [0.29, 0.717) is 5.69 Å². The molecule has 3 nitrogen and oxygen atoms in total. The van der Waals surface area contributed by atoms with E-state index < -0.39 is 23.5 Å². The molecule has 2 aromatic carbocycles. The van der Waals surface area contributed by atoms with Crippen LogP contribution in [0.25, 0.3) is 0 Å². The van der Waals surface area contributed by atoms with E-state index in [2.05, 4.69) is 5.32 Å². The molecule has 0 saturated heterocycles. The maximum absolute atomic E-state index is 13.2. The van der Waals surface area contributed by atoms with Crippen molar-refractivity contribution in [3.63, 3.8) is 0 Å². The summed E-state index contributed by atoms with van der Waals surface area (Å²) in [4.78, 5) is 14.4. The summed E-state index contributed by atoms with van der Waals surface area (Å²) in [5.74, 6) is -1.08. The predicted molar refractivity (Wildman–Crippen MR) is 101 cm³/mol. The van der Waals surface area contributed by atoms with Crippen molar-refractivity contribution in [2.75, 3.05) is 17.3 Å². The fourth-order valence-electron chi connectivity index (χ4n) is 3.58. The lowest BCUT2D eigenvalue weighted by atomic mass is 9.94. The van der Waals surface area contributed by atoms with E-state index in [0.717, 1.165) is 56.4 Å². The number of amides is 1. The van der Waals surface area contributed by atoms with Crippen molar-refractivity contribution in [2.45, 2.75) is 44.3 Å². The Morgan fingerprint density at radius 1 is 1.04 bits per heavy atom. The zero-order valence-electron chi connectivity index (χ0n) is 15.5. The average Bonchev–Trinajstić information content (AvgIpc) is 2.68. The first-order valence-corrected chi connectivity index (χ1v) is 9.26. The zero-order chi connectivity index (χ0) is 20.3. The Kier molecular flexibility index (Phi) is 5.91. The minimum absolute atomic E-state index is 0.0947. The van der Waals surface area contributed by atoms with Gasteiger partial charge in [-0.25, -0.2) is 4.39 Å². The molecule has 0 unspecified atom stereocenters. The van der Waals surface area contributed by atoms with E-state index in [1.807, 2.05) is 11.9 Å². The van der Waals surface area contributed by atoms with Crippen LogP contribution in [-0.4, -0.2) is 19.0 Å². The molecule has 1 aliphatic carbocycles. The van der Waals surface area contributed by atoms with Gasteiger partial charge in [-0.15, -0.1) is 0 Å². The van der Waals surface area contributed by atoms with Gasteiger partial charge >= 0.3 is 6.18 Å². The molecule has 1 fully saturated rings. The molecule has 1 aliphatic rings. The summed E-state index contributed by atoms with van der Waals surface area (Å²) < 4.78 is 52.6. The molecule has 0 bridgehead atoms. The summed E-state index contributed by atoms with van der Waals surface area (Å²) in [6.45, 7) is 0. The Balaban J connectivity index is 1.93. The Hall–Kier alpha value is -2.57. The first-order chi connectivity index (χ1) is 13.3. The zero-order valence-corrected chi connectivity index (χ0v) is 15.5. The van der Waals surface area contributed by atoms with Crippen molar-refractivity contribution < 1.29 is 22.4 Å². The van der Waals surface area contributed by atoms with Crippen LogP contribution in [0, 0.1) is 5.82 Å². The number of nitrogens with one attached hydrogen (secondary N) is 1. The topological polar surface area (TPSA) is 32.3 Å². The molecule has 0 heterocycles. The van der Waals surface area contributed by atoms with Gasteiger partial charge in [0, 0.05) is 18.7 Å². The SMILES string of the molecule is CN(c1ccc(C(F)(F)F)cc1NC(=O)c1ccc(F)cc1)C1CCCCC1. The van der Waals surface area contributed by atoms with E-state index in [1.165, 1.54) is 18.2 Å². The van der Waals surface area contributed by atoms with Gasteiger partial charge in [-0.3, -0.25) is 4.79 Å². The molecule has 0 radical (unpaired) electrons. The van der Waals surface area contributed by atoms with Crippen molar-refractivity contribution in [1.29, 1.82) is 0 Å². The quantitative estimate of drug-likeness (QED) is 0.658. The molecular formula is C21H22F4N2O. The Morgan fingerprint density at radius 3 is 2.29 bits per heavy atom. The lowest BCUT2D eigenvalue weighted by Gasteiger charge is -2.34. The van der Waals surface area contributed by atoms with Gasteiger partial charge in [0.2, 0.25) is 0 Å². The van der Waals surface area contributed by atoms with Gasteiger partial charge in [-0.2, -0.15) is 13.2 Å². The van der Waals surface area contributed by atoms with Gasteiger partial charge in [-0.1, -0.05) is 19.3 Å². The van der Waals surface area contributed by atoms with Gasteiger partial charge in [0.15, 0.2) is 0 Å². The van der Waals surface area contributed by atoms with Crippen LogP contribution in [-0.2, 0) is 6.18 Å². The number of carbonyl (C=O) groups excluding carboxylic acids is 1. The third-order valence-corrected chi connectivity index (χ3v) is 5.18. The van der Waals surface area contributed by atoms with Crippen LogP contribution >= 0.6 is 0 Å². The number of halogens is 4. The number of hydrogen-bond donors (Lipinski definition) is 1. The minimum atomic E-state index is -4.52. The maximum Gasteiger partial charge on any atom is 0.416 e. The molecule has 3 rings (SSSR count). The number of benzene rings is 2. The van der Waals surface area contributed by atoms with Crippen molar-refractivity contribution in [1.82, 2.24) is 0 Å². The normalized spacial score (nSPS) is 15.3. The third-order valence-electron chi connectivity index (χ3n) is 5.18. The molecule has 0 atom stereocenters. The van der Waals surface area contributed by atoms with Gasteiger partial charge in [0.25, 0.3) is 5.91 Å². The molecule has 1 N–H and O–H groups in total. The number of rotatable bonds is 4. The largest absolute Gasteiger partial charge is 0.416 e. The Morgan fingerprint density at radius 2 is 1.68 bits per heavy atom. The number of anilines is 2. The summed E-state index contributed by atoms with van der Waals surface area (Å²) in [7, 11) is 1.84. The summed E-state index contributed by atoms with van der Waals surface area (Å²) in [6.07, 6.45) is 0.717. The van der Waals surface area contributed by atoms with Crippen LogP contribution in [0.3, 0.4) is 0 Å². The van der Waals surface area contributed by atoms with E-state index in [9.17, 15) is 22.4 Å². The van der Waals surface area contributed by atoms with Crippen LogP contribution in [0.2, 0.25) is 0 Å². The summed E-state index contributed by atoms with van der Waals surface area (Å²) in [5, 5.41) is 2.58. The van der Waals surface area contributed by atoms with E-state index in [4.69, 9.17) is 0 Å². The Bertz CT molecular complexity index is 827. The molecule has 0 aliphatic heterocycles. The van der Waals surface area contributed by atoms with Crippen molar-refractivity contribution in [3.8, 4) is 0 Å². The van der Waals surface area contributed by atoms with Gasteiger partial charge in [0.05, 0.1) is 16.9 Å². The second-order valence-corrected chi connectivity index (χ2v) is 7.09. The second kappa shape index (κ2) is 8.20. The molecular weight excluding hydrogens is 372 g/mol. The van der Waals surface area contributed by atoms with Crippen LogP contribution in [0.4, 0.5) is 28.9 Å². The third kappa shape index (κ3) is 4.64. The number of nitrogens with zero attached hydrogens (tertiary/aromatic N) is 1.